The topological polar surface area (TPSA) is 21.1 Å². The van der Waals surface area contributed by atoms with Crippen LogP contribution < -0.4 is 4.90 Å². The van der Waals surface area contributed by atoms with Gasteiger partial charge in [-0.25, -0.2) is 0 Å². The molecule has 0 atom stereocenters. The first-order chi connectivity index (χ1) is 28.2. The fourth-order valence-electron chi connectivity index (χ4n) is 8.19. The van der Waals surface area contributed by atoms with Crippen molar-refractivity contribution < 1.29 is 0 Å². The van der Waals surface area contributed by atoms with Crippen molar-refractivity contribution in [3.63, 3.8) is 0 Å². The standard InChI is InChI=1S/C54H39N3/c1-38-13-5-4-12-32-56(48-34-45(40-16-8-3-9-17-40)33-46(35-48)42-28-30-55-31-29-42)54-37-44(22-26-49(38)54)43-23-27-53-51(36-43)50-18-10-11-19-52(50)57(53)47-24-20-41(21-25-47)39-14-6-2-7-15-39/h2-31,33-37H,1,32H2/b12-4-,13-5-. The molecule has 0 radical (unpaired) electrons. The zero-order valence-corrected chi connectivity index (χ0v) is 31.5. The molecule has 3 heteroatoms. The maximum absolute atomic E-state index is 4.53. The Morgan fingerprint density at radius 2 is 1.04 bits per heavy atom. The van der Waals surface area contributed by atoms with Crippen LogP contribution in [0.1, 0.15) is 5.56 Å². The molecule has 9 aromatic rings. The van der Waals surface area contributed by atoms with Crippen molar-refractivity contribution in [3.8, 4) is 50.2 Å². The van der Waals surface area contributed by atoms with Gasteiger partial charge in [0.2, 0.25) is 0 Å². The van der Waals surface area contributed by atoms with Gasteiger partial charge in [-0.2, -0.15) is 0 Å². The highest BCUT2D eigenvalue weighted by Gasteiger charge is 2.20. The zero-order chi connectivity index (χ0) is 38.1. The second kappa shape index (κ2) is 14.6. The number of aromatic nitrogens is 2. The number of fused-ring (bicyclic) bond motifs is 4. The highest BCUT2D eigenvalue weighted by Crippen LogP contribution is 2.41. The van der Waals surface area contributed by atoms with Crippen molar-refractivity contribution in [2.45, 2.75) is 0 Å². The van der Waals surface area contributed by atoms with Crippen LogP contribution in [0.25, 0.3) is 77.6 Å². The molecular weight excluding hydrogens is 691 g/mol. The van der Waals surface area contributed by atoms with Gasteiger partial charge in [0.1, 0.15) is 0 Å². The van der Waals surface area contributed by atoms with Gasteiger partial charge in [-0.3, -0.25) is 4.98 Å². The number of allylic oxidation sites excluding steroid dienone is 4. The van der Waals surface area contributed by atoms with E-state index in [0.29, 0.717) is 6.54 Å². The van der Waals surface area contributed by atoms with Crippen LogP contribution in [0.4, 0.5) is 11.4 Å². The summed E-state index contributed by atoms with van der Waals surface area (Å²) in [7, 11) is 0. The Labute approximate surface area is 333 Å². The van der Waals surface area contributed by atoms with Gasteiger partial charge in [-0.15, -0.1) is 0 Å². The molecule has 10 rings (SSSR count). The highest BCUT2D eigenvalue weighted by atomic mass is 15.1. The molecule has 1 aliphatic rings. The van der Waals surface area contributed by atoms with Crippen molar-refractivity contribution in [3.05, 3.63) is 225 Å². The predicted molar refractivity (Wildman–Crippen MR) is 241 cm³/mol. The molecule has 0 unspecified atom stereocenters. The lowest BCUT2D eigenvalue weighted by Gasteiger charge is -2.28. The van der Waals surface area contributed by atoms with Gasteiger partial charge in [-0.1, -0.05) is 140 Å². The first-order valence-electron chi connectivity index (χ1n) is 19.4. The Bertz CT molecular complexity index is 2920. The van der Waals surface area contributed by atoms with Crippen LogP contribution in [-0.2, 0) is 0 Å². The van der Waals surface area contributed by atoms with Crippen LogP contribution in [0.3, 0.4) is 0 Å². The van der Waals surface area contributed by atoms with Crippen molar-refractivity contribution in [2.75, 3.05) is 11.4 Å². The normalized spacial score (nSPS) is 13.8. The summed E-state index contributed by atoms with van der Waals surface area (Å²) in [6, 6.07) is 63.6. The van der Waals surface area contributed by atoms with Crippen LogP contribution in [-0.4, -0.2) is 16.1 Å². The molecule has 3 heterocycles. The lowest BCUT2D eigenvalue weighted by atomic mass is 9.95. The Morgan fingerprint density at radius 3 is 1.79 bits per heavy atom. The van der Waals surface area contributed by atoms with Gasteiger partial charge in [0, 0.05) is 52.3 Å². The number of hydrogen-bond acceptors (Lipinski definition) is 2. The highest BCUT2D eigenvalue weighted by molar-refractivity contribution is 6.10. The Morgan fingerprint density at radius 1 is 0.439 bits per heavy atom. The third-order valence-electron chi connectivity index (χ3n) is 11.1. The number of benzene rings is 7. The molecule has 57 heavy (non-hydrogen) atoms. The average Bonchev–Trinajstić information content (AvgIpc) is 3.65. The van der Waals surface area contributed by atoms with E-state index in [-0.39, 0.29) is 0 Å². The summed E-state index contributed by atoms with van der Waals surface area (Å²) in [4.78, 5) is 6.73. The second-order valence-corrected chi connectivity index (χ2v) is 14.5. The van der Waals surface area contributed by atoms with E-state index in [1.807, 2.05) is 12.4 Å². The summed E-state index contributed by atoms with van der Waals surface area (Å²) in [6.07, 6.45) is 12.3. The van der Waals surface area contributed by atoms with Gasteiger partial charge < -0.3 is 9.47 Å². The average molecular weight is 730 g/mol. The largest absolute Gasteiger partial charge is 0.337 e. The minimum atomic E-state index is 0.692. The Kier molecular flexibility index (Phi) is 8.74. The zero-order valence-electron chi connectivity index (χ0n) is 31.5. The number of para-hydroxylation sites is 1. The molecule has 0 saturated heterocycles. The van der Waals surface area contributed by atoms with E-state index < -0.39 is 0 Å². The van der Waals surface area contributed by atoms with Gasteiger partial charge in [0.25, 0.3) is 0 Å². The summed E-state index contributed by atoms with van der Waals surface area (Å²) in [5.74, 6) is 0. The maximum Gasteiger partial charge on any atom is 0.0541 e. The first kappa shape index (κ1) is 34.0. The number of nitrogens with zero attached hydrogens (tertiary/aromatic N) is 3. The van der Waals surface area contributed by atoms with E-state index in [2.05, 4.69) is 221 Å². The third kappa shape index (κ3) is 6.45. The van der Waals surface area contributed by atoms with Crippen LogP contribution in [0.5, 0.6) is 0 Å². The summed E-state index contributed by atoms with van der Waals surface area (Å²) in [6.45, 7) is 5.22. The molecule has 0 fully saturated rings. The molecule has 0 aliphatic carbocycles. The SMILES string of the molecule is C=C1/C=C\C=C/CN(c2cc(-c3ccccc3)cc(-c3ccncc3)c2)c2cc(-c3ccc4c(c3)c3ccccc3n4-c3ccc(-c4ccccc4)cc3)ccc21. The van der Waals surface area contributed by atoms with Crippen molar-refractivity contribution in [1.82, 2.24) is 9.55 Å². The van der Waals surface area contributed by atoms with Crippen molar-refractivity contribution in [1.29, 1.82) is 0 Å². The summed E-state index contributed by atoms with van der Waals surface area (Å²) in [5.41, 5.74) is 17.2. The van der Waals surface area contributed by atoms with E-state index in [9.17, 15) is 0 Å². The molecule has 2 aromatic heterocycles. The molecule has 3 nitrogen and oxygen atoms in total. The van der Waals surface area contributed by atoms with Crippen LogP contribution in [0.2, 0.25) is 0 Å². The van der Waals surface area contributed by atoms with Crippen LogP contribution in [0, 0.1) is 0 Å². The number of hydrogen-bond donors (Lipinski definition) is 0. The molecule has 0 N–H and O–H groups in total. The molecule has 270 valence electrons. The Balaban J connectivity index is 1.11. The van der Waals surface area contributed by atoms with Gasteiger partial charge in [-0.05, 0) is 117 Å². The van der Waals surface area contributed by atoms with Crippen molar-refractivity contribution in [2.24, 2.45) is 0 Å². The molecule has 0 bridgehead atoms. The van der Waals surface area contributed by atoms with E-state index in [1.165, 1.54) is 44.1 Å². The first-order valence-corrected chi connectivity index (χ1v) is 19.4. The third-order valence-corrected chi connectivity index (χ3v) is 11.1. The monoisotopic (exact) mass is 729 g/mol. The lowest BCUT2D eigenvalue weighted by molar-refractivity contribution is 1.09. The minimum Gasteiger partial charge on any atom is -0.337 e. The molecule has 0 saturated carbocycles. The fourth-order valence-corrected chi connectivity index (χ4v) is 8.19. The molecule has 1 aliphatic heterocycles. The molecule has 7 aromatic carbocycles. The smallest absolute Gasteiger partial charge is 0.0541 e. The number of rotatable bonds is 6. The summed E-state index contributed by atoms with van der Waals surface area (Å²) >= 11 is 0. The van der Waals surface area contributed by atoms with Crippen LogP contribution in [0.15, 0.2) is 219 Å². The van der Waals surface area contributed by atoms with E-state index in [1.54, 1.807) is 0 Å². The van der Waals surface area contributed by atoms with E-state index in [0.717, 1.165) is 50.5 Å². The van der Waals surface area contributed by atoms with Gasteiger partial charge in [0.05, 0.1) is 11.0 Å². The Hall–Kier alpha value is -7.49. The summed E-state index contributed by atoms with van der Waals surface area (Å²) < 4.78 is 2.39. The molecular formula is C54H39N3. The van der Waals surface area contributed by atoms with Gasteiger partial charge in [0.15, 0.2) is 0 Å². The fraction of sp³-hybridized carbons (Fsp3) is 0.0185. The predicted octanol–water partition coefficient (Wildman–Crippen LogP) is 14.1. The van der Waals surface area contributed by atoms with Gasteiger partial charge >= 0.3 is 0 Å². The van der Waals surface area contributed by atoms with Crippen LogP contribution >= 0.6 is 0 Å². The van der Waals surface area contributed by atoms with E-state index in [4.69, 9.17) is 0 Å². The van der Waals surface area contributed by atoms with E-state index >= 15 is 0 Å². The molecule has 0 amide bonds. The number of pyridine rings is 1. The lowest BCUT2D eigenvalue weighted by Crippen LogP contribution is -2.18. The quantitative estimate of drug-likeness (QED) is 0.170. The van der Waals surface area contributed by atoms with Crippen molar-refractivity contribution >= 4 is 38.8 Å². The summed E-state index contributed by atoms with van der Waals surface area (Å²) in [5, 5.41) is 2.46. The number of anilines is 2. The maximum atomic E-state index is 4.53. The molecule has 0 spiro atoms. The second-order valence-electron chi connectivity index (χ2n) is 14.5. The minimum absolute atomic E-state index is 0.692.